The Labute approximate surface area is 139 Å². The van der Waals surface area contributed by atoms with E-state index < -0.39 is 0 Å². The first-order chi connectivity index (χ1) is 10.9. The Kier molecular flexibility index (Phi) is 2.51. The van der Waals surface area contributed by atoms with Crippen molar-refractivity contribution in [2.45, 2.75) is 59.3 Å². The van der Waals surface area contributed by atoms with Crippen LogP contribution in [0.3, 0.4) is 0 Å². The molecule has 5 aliphatic rings. The van der Waals surface area contributed by atoms with Gasteiger partial charge in [0.15, 0.2) is 5.78 Å². The van der Waals surface area contributed by atoms with Gasteiger partial charge in [0.05, 0.1) is 0 Å². The number of carbonyl (C=O) groups excluding carboxylic acids is 2. The van der Waals surface area contributed by atoms with E-state index in [1.807, 2.05) is 6.08 Å². The smallest absolute Gasteiger partial charge is 0.159 e. The van der Waals surface area contributed by atoms with Crippen LogP contribution in [0.5, 0.6) is 0 Å². The first-order valence-electron chi connectivity index (χ1n) is 9.60. The summed E-state index contributed by atoms with van der Waals surface area (Å²) in [7, 11) is 0. The molecule has 0 saturated heterocycles. The SMILES string of the molecule is CC(=O)[C@H]1CC[C@H]2[C@@H]3CCC45C=CC(=O)C4[C@]5(C)[C@H]3CC[C@]12C. The van der Waals surface area contributed by atoms with Crippen molar-refractivity contribution < 1.29 is 9.59 Å². The molecule has 0 aliphatic heterocycles. The molecule has 0 N–H and O–H groups in total. The van der Waals surface area contributed by atoms with Crippen LogP contribution in [0.15, 0.2) is 12.2 Å². The average molecular weight is 312 g/mol. The molecule has 124 valence electrons. The molecule has 5 aliphatic carbocycles. The number of carbonyl (C=O) groups is 2. The van der Waals surface area contributed by atoms with Gasteiger partial charge in [-0.3, -0.25) is 9.59 Å². The van der Waals surface area contributed by atoms with Crippen LogP contribution in [0, 0.1) is 45.8 Å². The van der Waals surface area contributed by atoms with Gasteiger partial charge in [-0.05, 0) is 80.1 Å². The van der Waals surface area contributed by atoms with E-state index in [0.717, 1.165) is 12.3 Å². The first-order valence-corrected chi connectivity index (χ1v) is 9.60. The van der Waals surface area contributed by atoms with Gasteiger partial charge in [0.2, 0.25) is 0 Å². The Hall–Kier alpha value is -0.920. The van der Waals surface area contributed by atoms with E-state index in [1.165, 1.54) is 32.1 Å². The second-order valence-corrected chi connectivity index (χ2v) is 9.69. The van der Waals surface area contributed by atoms with E-state index in [4.69, 9.17) is 0 Å². The average Bonchev–Trinajstić information content (AvgIpc) is 2.76. The summed E-state index contributed by atoms with van der Waals surface area (Å²) in [6.07, 6.45) is 11.4. The molecule has 0 radical (unpaired) electrons. The van der Waals surface area contributed by atoms with E-state index >= 15 is 0 Å². The quantitative estimate of drug-likeness (QED) is 0.727. The Morgan fingerprint density at radius 3 is 2.61 bits per heavy atom. The lowest BCUT2D eigenvalue weighted by Crippen LogP contribution is -2.47. The van der Waals surface area contributed by atoms with Crippen LogP contribution in [0.4, 0.5) is 0 Å². The Morgan fingerprint density at radius 2 is 1.87 bits per heavy atom. The normalized spacial score (nSPS) is 59.1. The molecule has 23 heavy (non-hydrogen) atoms. The second-order valence-electron chi connectivity index (χ2n) is 9.69. The molecule has 0 bridgehead atoms. The molecule has 5 rings (SSSR count). The molecule has 8 atom stereocenters. The lowest BCUT2D eigenvalue weighted by atomic mass is 9.51. The zero-order valence-corrected chi connectivity index (χ0v) is 14.6. The van der Waals surface area contributed by atoms with Gasteiger partial charge < -0.3 is 0 Å². The summed E-state index contributed by atoms with van der Waals surface area (Å²) < 4.78 is 0. The predicted molar refractivity (Wildman–Crippen MR) is 88.6 cm³/mol. The zero-order chi connectivity index (χ0) is 16.2. The van der Waals surface area contributed by atoms with E-state index in [2.05, 4.69) is 19.9 Å². The third-order valence-electron chi connectivity index (χ3n) is 9.45. The molecule has 0 aromatic heterocycles. The molecule has 0 aromatic carbocycles. The van der Waals surface area contributed by atoms with Gasteiger partial charge in [0.25, 0.3) is 0 Å². The highest BCUT2D eigenvalue weighted by Crippen LogP contribution is 2.84. The zero-order valence-electron chi connectivity index (χ0n) is 14.6. The van der Waals surface area contributed by atoms with Crippen LogP contribution in [0.25, 0.3) is 0 Å². The number of rotatable bonds is 1. The lowest BCUT2D eigenvalue weighted by molar-refractivity contribution is -0.127. The summed E-state index contributed by atoms with van der Waals surface area (Å²) in [4.78, 5) is 24.5. The van der Waals surface area contributed by atoms with Crippen LogP contribution in [-0.2, 0) is 9.59 Å². The van der Waals surface area contributed by atoms with Gasteiger partial charge in [0.1, 0.15) is 5.78 Å². The first kappa shape index (κ1) is 14.4. The minimum Gasteiger partial charge on any atom is -0.300 e. The minimum atomic E-state index is 0.220. The highest BCUT2D eigenvalue weighted by Gasteiger charge is 2.81. The summed E-state index contributed by atoms with van der Waals surface area (Å²) in [5.74, 6) is 3.56. The molecular weight excluding hydrogens is 284 g/mol. The summed E-state index contributed by atoms with van der Waals surface area (Å²) in [5, 5.41) is 0. The van der Waals surface area contributed by atoms with E-state index in [1.54, 1.807) is 6.92 Å². The maximum Gasteiger partial charge on any atom is 0.159 e. The van der Waals surface area contributed by atoms with Crippen molar-refractivity contribution >= 4 is 11.6 Å². The number of ketones is 2. The van der Waals surface area contributed by atoms with Crippen LogP contribution in [-0.4, -0.2) is 11.6 Å². The lowest BCUT2D eigenvalue weighted by Gasteiger charge is -2.53. The standard InChI is InChI=1S/C21H28O2/c1-12(22)14-4-5-15-13-6-10-21-11-8-17(23)18(21)20(21,3)16(13)7-9-19(14,15)2/h8,11,13-16,18H,4-7,9-10H2,1-3H3/t13-,14+,15-,16-,18?,19+,20-,21?/m0/s1. The molecule has 4 saturated carbocycles. The van der Waals surface area contributed by atoms with Crippen LogP contribution in [0.1, 0.15) is 59.3 Å². The second kappa shape index (κ2) is 4.00. The molecule has 2 heteroatoms. The Bertz CT molecular complexity index is 648. The number of Topliss-reactive ketones (excluding diaryl/α,β-unsaturated/α-hetero) is 1. The van der Waals surface area contributed by atoms with Crippen molar-refractivity contribution in [3.05, 3.63) is 12.2 Å². The van der Waals surface area contributed by atoms with Crippen molar-refractivity contribution in [1.82, 2.24) is 0 Å². The molecule has 4 fully saturated rings. The van der Waals surface area contributed by atoms with E-state index in [-0.39, 0.29) is 22.2 Å². The fraction of sp³-hybridized carbons (Fsp3) is 0.810. The van der Waals surface area contributed by atoms with Crippen LogP contribution in [0.2, 0.25) is 0 Å². The highest BCUT2D eigenvalue weighted by molar-refractivity contribution is 6.00. The van der Waals surface area contributed by atoms with E-state index in [0.29, 0.717) is 29.3 Å². The molecule has 0 heterocycles. The highest BCUT2D eigenvalue weighted by atomic mass is 16.1. The predicted octanol–water partition coefficient (Wildman–Crippen LogP) is 4.19. The van der Waals surface area contributed by atoms with Crippen molar-refractivity contribution in [3.63, 3.8) is 0 Å². The minimum absolute atomic E-state index is 0.220. The third kappa shape index (κ3) is 1.36. The molecule has 1 spiro atoms. The Morgan fingerprint density at radius 1 is 1.09 bits per heavy atom. The van der Waals surface area contributed by atoms with Gasteiger partial charge in [-0.2, -0.15) is 0 Å². The van der Waals surface area contributed by atoms with Crippen LogP contribution >= 0.6 is 0 Å². The van der Waals surface area contributed by atoms with Gasteiger partial charge in [-0.25, -0.2) is 0 Å². The van der Waals surface area contributed by atoms with Gasteiger partial charge in [-0.1, -0.05) is 19.9 Å². The molecule has 2 nitrogen and oxygen atoms in total. The van der Waals surface area contributed by atoms with Crippen molar-refractivity contribution in [1.29, 1.82) is 0 Å². The monoisotopic (exact) mass is 312 g/mol. The topological polar surface area (TPSA) is 34.1 Å². The number of hydrogen-bond donors (Lipinski definition) is 0. The molecule has 0 amide bonds. The molecule has 2 unspecified atom stereocenters. The number of allylic oxidation sites excluding steroid dienone is 2. The van der Waals surface area contributed by atoms with Gasteiger partial charge in [-0.15, -0.1) is 0 Å². The fourth-order valence-electron chi connectivity index (χ4n) is 8.46. The number of fused-ring (bicyclic) bond motifs is 5. The summed E-state index contributed by atoms with van der Waals surface area (Å²) in [6, 6.07) is 0. The Balaban J connectivity index is 1.50. The number of hydrogen-bond acceptors (Lipinski definition) is 2. The summed E-state index contributed by atoms with van der Waals surface area (Å²) in [6.45, 7) is 6.62. The van der Waals surface area contributed by atoms with Crippen molar-refractivity contribution in [3.8, 4) is 0 Å². The van der Waals surface area contributed by atoms with Gasteiger partial charge >= 0.3 is 0 Å². The summed E-state index contributed by atoms with van der Waals surface area (Å²) in [5.41, 5.74) is 0.687. The molecule has 0 aromatic rings. The fourth-order valence-corrected chi connectivity index (χ4v) is 8.46. The van der Waals surface area contributed by atoms with Crippen molar-refractivity contribution in [2.75, 3.05) is 0 Å². The van der Waals surface area contributed by atoms with Crippen molar-refractivity contribution in [2.24, 2.45) is 45.8 Å². The van der Waals surface area contributed by atoms with Gasteiger partial charge in [0, 0.05) is 17.3 Å². The molecular formula is C21H28O2. The van der Waals surface area contributed by atoms with E-state index in [9.17, 15) is 9.59 Å². The maximum atomic E-state index is 12.4. The van der Waals surface area contributed by atoms with Crippen LogP contribution < -0.4 is 0 Å². The third-order valence-corrected chi connectivity index (χ3v) is 9.45. The summed E-state index contributed by atoms with van der Waals surface area (Å²) >= 11 is 0. The largest absolute Gasteiger partial charge is 0.300 e. The maximum absolute atomic E-state index is 12.4.